The van der Waals surface area contributed by atoms with E-state index in [0.717, 1.165) is 63.4 Å². The van der Waals surface area contributed by atoms with E-state index in [9.17, 15) is 4.79 Å². The Balaban J connectivity index is 0.943. The van der Waals surface area contributed by atoms with Crippen molar-refractivity contribution in [3.05, 3.63) is 103 Å². The average Bonchev–Trinajstić information content (AvgIpc) is 3.74. The van der Waals surface area contributed by atoms with Gasteiger partial charge in [0.15, 0.2) is 0 Å². The van der Waals surface area contributed by atoms with Gasteiger partial charge in [-0.25, -0.2) is 4.79 Å². The van der Waals surface area contributed by atoms with Crippen molar-refractivity contribution >= 4 is 34.0 Å². The molecule has 44 heavy (non-hydrogen) atoms. The number of carbonyl (C=O) groups is 1. The number of piperidine rings is 1. The zero-order valence-electron chi connectivity index (χ0n) is 23.9. The first kappa shape index (κ1) is 27.5. The van der Waals surface area contributed by atoms with Crippen molar-refractivity contribution in [2.45, 2.75) is 18.9 Å². The molecule has 0 atom stereocenters. The molecule has 1 aliphatic rings. The van der Waals surface area contributed by atoms with Gasteiger partial charge in [-0.1, -0.05) is 40.4 Å². The molecular formula is C33H28N6O4S. The van der Waals surface area contributed by atoms with Gasteiger partial charge in [-0.15, -0.1) is 15.3 Å². The van der Waals surface area contributed by atoms with E-state index in [0.29, 0.717) is 16.6 Å². The van der Waals surface area contributed by atoms with E-state index < -0.39 is 5.97 Å². The van der Waals surface area contributed by atoms with Gasteiger partial charge >= 0.3 is 5.97 Å². The van der Waals surface area contributed by atoms with Gasteiger partial charge in [0.25, 0.3) is 0 Å². The van der Waals surface area contributed by atoms with Crippen molar-refractivity contribution in [3.63, 3.8) is 0 Å². The van der Waals surface area contributed by atoms with Crippen molar-refractivity contribution in [2.75, 3.05) is 25.1 Å². The van der Waals surface area contributed by atoms with Gasteiger partial charge in [-0.3, -0.25) is 0 Å². The van der Waals surface area contributed by atoms with Crippen LogP contribution in [0.4, 0.5) is 5.69 Å². The molecule has 6 aromatic rings. The number of hydrogen-bond donors (Lipinski definition) is 0. The summed E-state index contributed by atoms with van der Waals surface area (Å²) in [5.41, 5.74) is 4.69. The fourth-order valence-electron chi connectivity index (χ4n) is 5.14. The summed E-state index contributed by atoms with van der Waals surface area (Å²) < 4.78 is 11.6. The number of carbonyl (C=O) groups excluding carboxylic acids is 1. The molecule has 1 aliphatic heterocycles. The lowest BCUT2D eigenvalue weighted by Gasteiger charge is -2.33. The summed E-state index contributed by atoms with van der Waals surface area (Å²) in [5.74, 6) is 1.19. The van der Waals surface area contributed by atoms with Crippen LogP contribution in [0.25, 0.3) is 32.2 Å². The second-order valence-corrected chi connectivity index (χ2v) is 11.3. The van der Waals surface area contributed by atoms with Crippen LogP contribution in [0, 0.1) is 0 Å². The van der Waals surface area contributed by atoms with Crippen LogP contribution in [0.5, 0.6) is 11.5 Å². The average molecular weight is 605 g/mol. The first-order valence-corrected chi connectivity index (χ1v) is 15.1. The molecule has 0 aliphatic carbocycles. The van der Waals surface area contributed by atoms with E-state index in [2.05, 4.69) is 37.5 Å². The number of para-hydroxylation sites is 1. The highest BCUT2D eigenvalue weighted by Crippen LogP contribution is 2.32. The van der Waals surface area contributed by atoms with Crippen LogP contribution in [0.15, 0.2) is 97.1 Å². The second kappa shape index (κ2) is 12.1. The Bertz CT molecular complexity index is 1880. The molecule has 7 rings (SSSR count). The van der Waals surface area contributed by atoms with Gasteiger partial charge < -0.3 is 19.2 Å². The van der Waals surface area contributed by atoms with Crippen LogP contribution in [-0.2, 0) is 0 Å². The molecule has 11 heteroatoms. The van der Waals surface area contributed by atoms with Gasteiger partial charge in [0.2, 0.25) is 0 Å². The molecule has 4 aromatic carbocycles. The molecule has 1 fully saturated rings. The van der Waals surface area contributed by atoms with Crippen LogP contribution in [0.1, 0.15) is 23.2 Å². The predicted octanol–water partition coefficient (Wildman–Crippen LogP) is 5.94. The Morgan fingerprint density at radius 1 is 0.773 bits per heavy atom. The molecule has 2 aromatic heterocycles. The fraction of sp³-hybridized carbons (Fsp3) is 0.182. The fourth-order valence-corrected chi connectivity index (χ4v) is 6.00. The van der Waals surface area contributed by atoms with E-state index in [1.807, 2.05) is 60.7 Å². The largest absolute Gasteiger partial charge is 0.497 e. The first-order valence-electron chi connectivity index (χ1n) is 14.3. The van der Waals surface area contributed by atoms with Gasteiger partial charge in [0.05, 0.1) is 12.7 Å². The highest BCUT2D eigenvalue weighted by molar-refractivity contribution is 7.17. The minimum atomic E-state index is -0.532. The zero-order valence-corrected chi connectivity index (χ0v) is 24.7. The number of rotatable bonds is 8. The Hall–Kier alpha value is -5.29. The highest BCUT2D eigenvalue weighted by atomic mass is 32.1. The lowest BCUT2D eigenvalue weighted by Crippen LogP contribution is -2.38. The molecule has 220 valence electrons. The molecule has 0 spiro atoms. The first-order chi connectivity index (χ1) is 21.6. The van der Waals surface area contributed by atoms with Crippen LogP contribution < -0.4 is 19.2 Å². The summed E-state index contributed by atoms with van der Waals surface area (Å²) in [6.45, 7) is 1.90. The summed E-state index contributed by atoms with van der Waals surface area (Å²) in [5, 5.41) is 18.2. The zero-order chi connectivity index (χ0) is 29.9. The normalized spacial score (nSPS) is 13.6. The maximum absolute atomic E-state index is 12.7. The number of aromatic nitrogens is 5. The van der Waals surface area contributed by atoms with Crippen molar-refractivity contribution < 1.29 is 19.1 Å². The number of ether oxygens (including phenoxy) is 2. The quantitative estimate of drug-likeness (QED) is 0.195. The van der Waals surface area contributed by atoms with Crippen LogP contribution >= 0.6 is 11.3 Å². The third-order valence-corrected chi connectivity index (χ3v) is 8.59. The van der Waals surface area contributed by atoms with Crippen LogP contribution in [0.3, 0.4) is 0 Å². The topological polar surface area (TPSA) is 104 Å². The summed E-state index contributed by atoms with van der Waals surface area (Å²) in [6, 6.07) is 30.5. The van der Waals surface area contributed by atoms with Gasteiger partial charge in [0, 0.05) is 42.7 Å². The van der Waals surface area contributed by atoms with E-state index >= 15 is 0 Å². The minimum Gasteiger partial charge on any atom is -0.497 e. The standard InChI is InChI=1S/C33H28N6O4S/c1-41-26-16-12-25(13-17-26)38-20-18-28(19-21-38)42-27-14-10-23(11-15-27)32-36-35-31(44-32)22-6-8-24(9-7-22)33(40)43-39-30-5-3-2-4-29(30)34-37-39/h2-17,28H,18-21H2,1H3. The van der Waals surface area contributed by atoms with Crippen LogP contribution in [-0.4, -0.2) is 57.6 Å². The number of nitrogens with zero attached hydrogens (tertiary/aromatic N) is 6. The predicted molar refractivity (Wildman–Crippen MR) is 168 cm³/mol. The summed E-state index contributed by atoms with van der Waals surface area (Å²) in [4.78, 5) is 21.6. The SMILES string of the molecule is COc1ccc(N2CCC(Oc3ccc(-c4nnc(-c5ccc(C(=O)On6nnc7ccccc76)cc5)s4)cc3)CC2)cc1. The number of fused-ring (bicyclic) bond motifs is 1. The van der Waals surface area contributed by atoms with E-state index in [4.69, 9.17) is 14.3 Å². The molecule has 0 radical (unpaired) electrons. The molecule has 3 heterocycles. The smallest absolute Gasteiger partial charge is 0.365 e. The third kappa shape index (κ3) is 5.82. The maximum atomic E-state index is 12.7. The van der Waals surface area contributed by atoms with Gasteiger partial charge in [-0.2, -0.15) is 0 Å². The monoisotopic (exact) mass is 604 g/mol. The molecule has 0 unspecified atom stereocenters. The third-order valence-electron chi connectivity index (χ3n) is 7.57. The van der Waals surface area contributed by atoms with Crippen LogP contribution in [0.2, 0.25) is 0 Å². The second-order valence-electron chi connectivity index (χ2n) is 10.3. The van der Waals surface area contributed by atoms with Crippen molar-refractivity contribution in [1.29, 1.82) is 0 Å². The van der Waals surface area contributed by atoms with E-state index in [-0.39, 0.29) is 6.10 Å². The molecule has 0 amide bonds. The lowest BCUT2D eigenvalue weighted by atomic mass is 10.1. The van der Waals surface area contributed by atoms with Crippen molar-refractivity contribution in [3.8, 4) is 32.6 Å². The Kier molecular flexibility index (Phi) is 7.60. The van der Waals surface area contributed by atoms with E-state index in [1.165, 1.54) is 17.0 Å². The number of benzene rings is 4. The Morgan fingerprint density at radius 3 is 2.09 bits per heavy atom. The molecule has 0 saturated carbocycles. The molecule has 0 N–H and O–H groups in total. The lowest BCUT2D eigenvalue weighted by molar-refractivity contribution is 0.0409. The Morgan fingerprint density at radius 2 is 1.41 bits per heavy atom. The minimum absolute atomic E-state index is 0.180. The number of anilines is 1. The molecule has 0 bridgehead atoms. The summed E-state index contributed by atoms with van der Waals surface area (Å²) >= 11 is 1.49. The Labute approximate surface area is 257 Å². The summed E-state index contributed by atoms with van der Waals surface area (Å²) in [6.07, 6.45) is 2.10. The molecule has 1 saturated heterocycles. The van der Waals surface area contributed by atoms with Crippen molar-refractivity contribution in [1.82, 2.24) is 25.4 Å². The van der Waals surface area contributed by atoms with Crippen molar-refractivity contribution in [2.24, 2.45) is 0 Å². The molecular weight excluding hydrogens is 576 g/mol. The number of methoxy groups -OCH3 is 1. The maximum Gasteiger partial charge on any atom is 0.365 e. The highest BCUT2D eigenvalue weighted by Gasteiger charge is 2.21. The van der Waals surface area contributed by atoms with Gasteiger partial charge in [-0.05, 0) is 78.0 Å². The summed E-state index contributed by atoms with van der Waals surface area (Å²) in [7, 11) is 1.68. The van der Waals surface area contributed by atoms with Gasteiger partial charge in [0.1, 0.15) is 38.7 Å². The molecule has 10 nitrogen and oxygen atoms in total. The van der Waals surface area contributed by atoms with E-state index in [1.54, 1.807) is 31.4 Å². The number of hydrogen-bond acceptors (Lipinski definition) is 10.